The van der Waals surface area contributed by atoms with E-state index in [0.29, 0.717) is 6.42 Å². The number of hydrogen-bond donors (Lipinski definition) is 2. The molecule has 5 heteroatoms. The Morgan fingerprint density at radius 1 is 1.00 bits per heavy atom. The summed E-state index contributed by atoms with van der Waals surface area (Å²) in [6, 6.07) is 17.3. The predicted octanol–water partition coefficient (Wildman–Crippen LogP) is 5.35. The van der Waals surface area contributed by atoms with E-state index in [1.54, 1.807) is 23.5 Å². The minimum atomic E-state index is 0.225. The zero-order chi connectivity index (χ0) is 18.1. The lowest BCUT2D eigenvalue weighted by Gasteiger charge is -2.10. The molecule has 0 bridgehead atoms. The van der Waals surface area contributed by atoms with Crippen molar-refractivity contribution in [3.05, 3.63) is 76.4 Å². The van der Waals surface area contributed by atoms with E-state index in [1.165, 1.54) is 16.0 Å². The number of aryl methyl sites for hydroxylation is 2. The lowest BCUT2D eigenvalue weighted by molar-refractivity contribution is 0.475. The van der Waals surface area contributed by atoms with E-state index in [-0.39, 0.29) is 5.75 Å². The van der Waals surface area contributed by atoms with Crippen LogP contribution in [0.2, 0.25) is 0 Å². The van der Waals surface area contributed by atoms with Gasteiger partial charge in [-0.05, 0) is 37.1 Å². The molecule has 0 atom stereocenters. The summed E-state index contributed by atoms with van der Waals surface area (Å²) in [5.74, 6) is 1.80. The largest absolute Gasteiger partial charge is 0.508 e. The molecule has 0 fully saturated rings. The molecule has 0 saturated heterocycles. The molecule has 0 aliphatic carbocycles. The molecule has 0 saturated carbocycles. The maximum absolute atomic E-state index is 9.74. The van der Waals surface area contributed by atoms with E-state index in [0.717, 1.165) is 27.5 Å². The summed E-state index contributed by atoms with van der Waals surface area (Å²) >= 11 is 1.69. The van der Waals surface area contributed by atoms with Gasteiger partial charge < -0.3 is 10.4 Å². The molecule has 4 rings (SSSR count). The quantitative estimate of drug-likeness (QED) is 0.514. The molecule has 2 heterocycles. The van der Waals surface area contributed by atoms with Crippen molar-refractivity contribution in [1.82, 2.24) is 9.97 Å². The minimum Gasteiger partial charge on any atom is -0.508 e. The second-order valence-electron chi connectivity index (χ2n) is 6.29. The van der Waals surface area contributed by atoms with E-state index in [1.807, 2.05) is 30.3 Å². The van der Waals surface area contributed by atoms with Crippen molar-refractivity contribution >= 4 is 33.1 Å². The smallest absolute Gasteiger partial charge is 0.143 e. The SMILES string of the molecule is Cc1sc2nc(Cc3ccccc3)nc(Nc3cccc(O)c3)c2c1C. The monoisotopic (exact) mass is 361 g/mol. The fourth-order valence-corrected chi connectivity index (χ4v) is 4.01. The summed E-state index contributed by atoms with van der Waals surface area (Å²) in [7, 11) is 0. The number of aromatic nitrogens is 2. The molecule has 0 spiro atoms. The van der Waals surface area contributed by atoms with Gasteiger partial charge in [-0.25, -0.2) is 9.97 Å². The molecule has 0 aliphatic rings. The lowest BCUT2D eigenvalue weighted by atomic mass is 10.1. The molecule has 2 aromatic carbocycles. The molecule has 4 aromatic rings. The second kappa shape index (κ2) is 6.77. The van der Waals surface area contributed by atoms with Crippen molar-refractivity contribution < 1.29 is 5.11 Å². The molecule has 2 N–H and O–H groups in total. The molecule has 0 radical (unpaired) electrons. The Hall–Kier alpha value is -2.92. The van der Waals surface area contributed by atoms with Gasteiger partial charge in [-0.15, -0.1) is 11.3 Å². The minimum absolute atomic E-state index is 0.225. The normalized spacial score (nSPS) is 11.0. The van der Waals surface area contributed by atoms with Gasteiger partial charge in [0.05, 0.1) is 5.39 Å². The Morgan fingerprint density at radius 3 is 2.58 bits per heavy atom. The van der Waals surface area contributed by atoms with Gasteiger partial charge in [0.2, 0.25) is 0 Å². The highest BCUT2D eigenvalue weighted by molar-refractivity contribution is 7.18. The Balaban J connectivity index is 1.80. The first-order valence-electron chi connectivity index (χ1n) is 8.47. The van der Waals surface area contributed by atoms with Crippen LogP contribution in [0.5, 0.6) is 5.75 Å². The van der Waals surface area contributed by atoms with E-state index < -0.39 is 0 Å². The summed E-state index contributed by atoms with van der Waals surface area (Å²) in [4.78, 5) is 11.8. The average molecular weight is 361 g/mol. The predicted molar refractivity (Wildman–Crippen MR) is 108 cm³/mol. The zero-order valence-corrected chi connectivity index (χ0v) is 15.5. The van der Waals surface area contributed by atoms with Gasteiger partial charge in [0, 0.05) is 23.1 Å². The third-order valence-electron chi connectivity index (χ3n) is 4.39. The number of thiophene rings is 1. The highest BCUT2D eigenvalue weighted by atomic mass is 32.1. The Morgan fingerprint density at radius 2 is 1.81 bits per heavy atom. The van der Waals surface area contributed by atoms with Crippen LogP contribution in [0.25, 0.3) is 10.2 Å². The van der Waals surface area contributed by atoms with Crippen molar-refractivity contribution in [3.63, 3.8) is 0 Å². The lowest BCUT2D eigenvalue weighted by Crippen LogP contribution is -2.02. The van der Waals surface area contributed by atoms with Crippen LogP contribution in [-0.4, -0.2) is 15.1 Å². The van der Waals surface area contributed by atoms with Crippen molar-refractivity contribution in [3.8, 4) is 5.75 Å². The van der Waals surface area contributed by atoms with E-state index >= 15 is 0 Å². The van der Waals surface area contributed by atoms with Crippen molar-refractivity contribution in [2.75, 3.05) is 5.32 Å². The van der Waals surface area contributed by atoms with Gasteiger partial charge in [0.15, 0.2) is 0 Å². The molecule has 26 heavy (non-hydrogen) atoms. The number of anilines is 2. The number of nitrogens with one attached hydrogen (secondary N) is 1. The summed E-state index contributed by atoms with van der Waals surface area (Å²) < 4.78 is 0. The standard InChI is InChI=1S/C21H19N3OS/c1-13-14(2)26-21-19(13)20(22-16-9-6-10-17(25)12-16)23-18(24-21)11-15-7-4-3-5-8-15/h3-10,12,25H,11H2,1-2H3,(H,22,23,24). The molecular weight excluding hydrogens is 342 g/mol. The fourth-order valence-electron chi connectivity index (χ4n) is 2.96. The summed E-state index contributed by atoms with van der Waals surface area (Å²) in [5, 5.41) is 14.2. The summed E-state index contributed by atoms with van der Waals surface area (Å²) in [6.45, 7) is 4.21. The van der Waals surface area contributed by atoms with Crippen LogP contribution >= 0.6 is 11.3 Å². The van der Waals surface area contributed by atoms with Crippen LogP contribution < -0.4 is 5.32 Å². The summed E-state index contributed by atoms with van der Waals surface area (Å²) in [6.07, 6.45) is 0.682. The molecule has 0 aliphatic heterocycles. The highest BCUT2D eigenvalue weighted by Crippen LogP contribution is 2.35. The van der Waals surface area contributed by atoms with E-state index in [9.17, 15) is 5.11 Å². The number of phenolic OH excluding ortho intramolecular Hbond substituents is 1. The zero-order valence-electron chi connectivity index (χ0n) is 14.7. The molecule has 0 amide bonds. The first-order chi connectivity index (χ1) is 12.6. The van der Waals surface area contributed by atoms with Crippen LogP contribution in [-0.2, 0) is 6.42 Å². The third kappa shape index (κ3) is 3.26. The topological polar surface area (TPSA) is 58.0 Å². The van der Waals surface area contributed by atoms with E-state index in [2.05, 4.69) is 31.3 Å². The summed E-state index contributed by atoms with van der Waals surface area (Å²) in [5.41, 5.74) is 3.18. The number of aromatic hydroxyl groups is 1. The fraction of sp³-hybridized carbons (Fsp3) is 0.143. The number of fused-ring (bicyclic) bond motifs is 1. The first kappa shape index (κ1) is 16.5. The van der Waals surface area contributed by atoms with Crippen molar-refractivity contribution in [2.24, 2.45) is 0 Å². The molecule has 130 valence electrons. The Bertz CT molecular complexity index is 1070. The average Bonchev–Trinajstić information content (AvgIpc) is 2.90. The first-order valence-corrected chi connectivity index (χ1v) is 9.28. The van der Waals surface area contributed by atoms with Crippen LogP contribution in [0.1, 0.15) is 21.8 Å². The van der Waals surface area contributed by atoms with Gasteiger partial charge in [0.1, 0.15) is 22.2 Å². The molecule has 2 aromatic heterocycles. The number of phenols is 1. The number of nitrogens with zero attached hydrogens (tertiary/aromatic N) is 2. The highest BCUT2D eigenvalue weighted by Gasteiger charge is 2.15. The van der Waals surface area contributed by atoms with Crippen LogP contribution in [0.15, 0.2) is 54.6 Å². The van der Waals surface area contributed by atoms with Crippen LogP contribution in [0, 0.1) is 13.8 Å². The maximum Gasteiger partial charge on any atom is 0.143 e. The molecule has 0 unspecified atom stereocenters. The molecular formula is C21H19N3OS. The van der Waals surface area contributed by atoms with Gasteiger partial charge in [-0.2, -0.15) is 0 Å². The Labute approximate surface area is 156 Å². The van der Waals surface area contributed by atoms with Crippen molar-refractivity contribution in [2.45, 2.75) is 20.3 Å². The number of benzene rings is 2. The second-order valence-corrected chi connectivity index (χ2v) is 7.49. The van der Waals surface area contributed by atoms with Gasteiger partial charge >= 0.3 is 0 Å². The van der Waals surface area contributed by atoms with Crippen molar-refractivity contribution in [1.29, 1.82) is 0 Å². The third-order valence-corrected chi connectivity index (χ3v) is 5.49. The van der Waals surface area contributed by atoms with Gasteiger partial charge in [-0.1, -0.05) is 36.4 Å². The number of hydrogen-bond acceptors (Lipinski definition) is 5. The number of rotatable bonds is 4. The maximum atomic E-state index is 9.74. The van der Waals surface area contributed by atoms with E-state index in [4.69, 9.17) is 9.97 Å². The van der Waals surface area contributed by atoms with Crippen LogP contribution in [0.4, 0.5) is 11.5 Å². The van der Waals surface area contributed by atoms with Crippen LogP contribution in [0.3, 0.4) is 0 Å². The molecule has 4 nitrogen and oxygen atoms in total. The van der Waals surface area contributed by atoms with Gasteiger partial charge in [-0.3, -0.25) is 0 Å². The van der Waals surface area contributed by atoms with Gasteiger partial charge in [0.25, 0.3) is 0 Å². The Kier molecular flexibility index (Phi) is 4.31.